The van der Waals surface area contributed by atoms with Crippen LogP contribution >= 0.6 is 7.82 Å². The van der Waals surface area contributed by atoms with E-state index in [-0.39, 0.29) is 31.7 Å². The van der Waals surface area contributed by atoms with E-state index in [0.717, 1.165) is 64.2 Å². The molecule has 11 nitrogen and oxygen atoms in total. The van der Waals surface area contributed by atoms with Crippen molar-refractivity contribution < 1.29 is 52.5 Å². The number of hydrogen-bond donors (Lipinski definition) is 3. The zero-order valence-electron chi connectivity index (χ0n) is 36.8. The first-order valence-electron chi connectivity index (χ1n) is 22.7. The first-order valence-corrected chi connectivity index (χ1v) is 24.2. The molecule has 3 unspecified atom stereocenters. The lowest BCUT2D eigenvalue weighted by atomic mass is 10.1. The molecule has 0 aromatic heterocycles. The molecule has 5 atom stereocenters. The summed E-state index contributed by atoms with van der Waals surface area (Å²) in [7, 11) is -4.66. The number of phosphoric acid groups is 1. The SMILES string of the molecule is CCCCC/C=C\C/C=C\C/C=C\C/C=C\CCCCCC(=O)O[C@H](COC(=O)CCCC1OC1C/C=C\C/C=C\C/C=C\CCCCC)COP(=O)(O)OC[C@@H](O)CO. The minimum atomic E-state index is -4.66. The number of epoxide rings is 1. The van der Waals surface area contributed by atoms with Crippen molar-refractivity contribution in [2.24, 2.45) is 0 Å². The fraction of sp³-hybridized carbons (Fsp3) is 0.667. The third-order valence-electron chi connectivity index (χ3n) is 9.45. The van der Waals surface area contributed by atoms with Gasteiger partial charge >= 0.3 is 19.8 Å². The number of ether oxygens (including phenoxy) is 3. The second-order valence-electron chi connectivity index (χ2n) is 15.1. The third-order valence-corrected chi connectivity index (χ3v) is 10.4. The number of aliphatic hydroxyl groups is 2. The van der Waals surface area contributed by atoms with Gasteiger partial charge in [0, 0.05) is 12.8 Å². The second kappa shape index (κ2) is 39.0. The van der Waals surface area contributed by atoms with Gasteiger partial charge in [0.25, 0.3) is 0 Å². The minimum absolute atomic E-state index is 0.106. The summed E-state index contributed by atoms with van der Waals surface area (Å²) in [5.41, 5.74) is 0. The van der Waals surface area contributed by atoms with E-state index < -0.39 is 51.8 Å². The molecule has 1 saturated heterocycles. The van der Waals surface area contributed by atoms with Crippen molar-refractivity contribution in [1.82, 2.24) is 0 Å². The minimum Gasteiger partial charge on any atom is -0.462 e. The van der Waals surface area contributed by atoms with E-state index in [0.29, 0.717) is 19.3 Å². The molecule has 1 fully saturated rings. The van der Waals surface area contributed by atoms with E-state index in [4.69, 9.17) is 23.8 Å². The number of unbranched alkanes of at least 4 members (excludes halogenated alkanes) is 9. The van der Waals surface area contributed by atoms with Gasteiger partial charge in [-0.15, -0.1) is 0 Å². The van der Waals surface area contributed by atoms with Crippen molar-refractivity contribution in [3.63, 3.8) is 0 Å². The van der Waals surface area contributed by atoms with Crippen LogP contribution in [0.1, 0.15) is 155 Å². The molecule has 1 aliphatic heterocycles. The van der Waals surface area contributed by atoms with Crippen molar-refractivity contribution in [1.29, 1.82) is 0 Å². The Bertz CT molecular complexity index is 1340. The first kappa shape index (κ1) is 55.1. The predicted molar refractivity (Wildman–Crippen MR) is 241 cm³/mol. The summed E-state index contributed by atoms with van der Waals surface area (Å²) < 4.78 is 38.5. The Kier molecular flexibility index (Phi) is 35.8. The molecule has 1 aliphatic rings. The Labute approximate surface area is 362 Å². The molecule has 0 aromatic rings. The molecular weight excluding hydrogens is 783 g/mol. The maximum Gasteiger partial charge on any atom is 0.472 e. The van der Waals surface area contributed by atoms with Crippen LogP contribution in [0.15, 0.2) is 85.1 Å². The Morgan fingerprint density at radius 2 is 1.08 bits per heavy atom. The van der Waals surface area contributed by atoms with Crippen molar-refractivity contribution in [3.8, 4) is 0 Å². The summed E-state index contributed by atoms with van der Waals surface area (Å²) >= 11 is 0. The average Bonchev–Trinajstić information content (AvgIpc) is 3.99. The summed E-state index contributed by atoms with van der Waals surface area (Å²) in [6.45, 7) is 2.18. The maximum absolute atomic E-state index is 12.6. The number of aliphatic hydroxyl groups excluding tert-OH is 2. The summed E-state index contributed by atoms with van der Waals surface area (Å²) in [6.07, 6.45) is 48.5. The molecule has 0 spiro atoms. The smallest absolute Gasteiger partial charge is 0.462 e. The monoisotopic (exact) mass is 863 g/mol. The van der Waals surface area contributed by atoms with Crippen LogP contribution in [-0.2, 0) is 37.4 Å². The summed E-state index contributed by atoms with van der Waals surface area (Å²) in [6, 6.07) is 0. The highest BCUT2D eigenvalue weighted by Gasteiger charge is 2.36. The van der Waals surface area contributed by atoms with E-state index in [1.807, 2.05) is 0 Å². The summed E-state index contributed by atoms with van der Waals surface area (Å²) in [5.74, 6) is -1.05. The maximum atomic E-state index is 12.6. The number of carbonyl (C=O) groups excluding carboxylic acids is 2. The Morgan fingerprint density at radius 3 is 1.62 bits per heavy atom. The van der Waals surface area contributed by atoms with E-state index in [2.05, 4.69) is 103 Å². The van der Waals surface area contributed by atoms with Crippen LogP contribution in [0.2, 0.25) is 0 Å². The lowest BCUT2D eigenvalue weighted by Gasteiger charge is -2.20. The number of rotatable bonds is 40. The molecule has 12 heteroatoms. The van der Waals surface area contributed by atoms with Crippen LogP contribution in [-0.4, -0.2) is 77.9 Å². The van der Waals surface area contributed by atoms with Crippen molar-refractivity contribution in [3.05, 3.63) is 85.1 Å². The molecule has 0 amide bonds. The van der Waals surface area contributed by atoms with Gasteiger partial charge in [0.15, 0.2) is 6.10 Å². The van der Waals surface area contributed by atoms with Gasteiger partial charge in [-0.3, -0.25) is 18.6 Å². The van der Waals surface area contributed by atoms with Gasteiger partial charge in [-0.1, -0.05) is 131 Å². The molecule has 0 saturated carbocycles. The molecular formula is C48H79O11P. The quantitative estimate of drug-likeness (QED) is 0.0177. The number of hydrogen-bond acceptors (Lipinski definition) is 10. The van der Waals surface area contributed by atoms with E-state index in [1.165, 1.54) is 44.9 Å². The zero-order valence-corrected chi connectivity index (χ0v) is 37.7. The fourth-order valence-electron chi connectivity index (χ4n) is 5.83. The number of esters is 2. The van der Waals surface area contributed by atoms with Crippen LogP contribution in [0, 0.1) is 0 Å². The summed E-state index contributed by atoms with van der Waals surface area (Å²) in [4.78, 5) is 35.2. The van der Waals surface area contributed by atoms with Crippen molar-refractivity contribution >= 4 is 19.8 Å². The standard InChI is InChI=1S/C48H79O11P/c1-3-5-7-9-11-13-15-17-18-19-20-21-22-23-25-27-29-31-33-37-48(52)58-44(42-57-60(53,54)56-40-43(50)39-49)41-55-47(51)38-34-36-46-45(59-46)35-32-30-28-26-24-16-14-12-10-8-6-4-2/h11-14,17-18,20-21,23-26,30,32,43-46,49-50H,3-10,15-16,19,22,27-29,31,33-42H2,1-2H3,(H,53,54)/b13-11-,14-12-,18-17-,21-20-,25-23-,26-24-,32-30-/t43-,44+,45?,46?/m0/s1. The van der Waals surface area contributed by atoms with Gasteiger partial charge in [-0.2, -0.15) is 0 Å². The molecule has 0 aromatic carbocycles. The van der Waals surface area contributed by atoms with E-state index in [1.54, 1.807) is 0 Å². The van der Waals surface area contributed by atoms with Crippen molar-refractivity contribution in [2.75, 3.05) is 26.4 Å². The highest BCUT2D eigenvalue weighted by Crippen LogP contribution is 2.43. The number of allylic oxidation sites excluding steroid dienone is 13. The largest absolute Gasteiger partial charge is 0.472 e. The highest BCUT2D eigenvalue weighted by atomic mass is 31.2. The van der Waals surface area contributed by atoms with E-state index in [9.17, 15) is 24.2 Å². The molecule has 3 N–H and O–H groups in total. The first-order chi connectivity index (χ1) is 29.2. The average molecular weight is 863 g/mol. The molecule has 60 heavy (non-hydrogen) atoms. The zero-order chi connectivity index (χ0) is 43.8. The Hall–Kier alpha value is -2.89. The number of carbonyl (C=O) groups is 2. The van der Waals surface area contributed by atoms with Gasteiger partial charge in [-0.05, 0) is 96.3 Å². The third kappa shape index (κ3) is 35.8. The van der Waals surface area contributed by atoms with Gasteiger partial charge in [0.1, 0.15) is 12.7 Å². The number of phosphoric ester groups is 1. The van der Waals surface area contributed by atoms with Gasteiger partial charge < -0.3 is 29.3 Å². The van der Waals surface area contributed by atoms with Gasteiger partial charge in [0.05, 0.1) is 32.0 Å². The van der Waals surface area contributed by atoms with Gasteiger partial charge in [0.2, 0.25) is 0 Å². The van der Waals surface area contributed by atoms with Crippen LogP contribution in [0.3, 0.4) is 0 Å². The topological polar surface area (TPSA) is 161 Å². The van der Waals surface area contributed by atoms with Crippen molar-refractivity contribution in [2.45, 2.75) is 180 Å². The Morgan fingerprint density at radius 1 is 0.600 bits per heavy atom. The van der Waals surface area contributed by atoms with Crippen LogP contribution in [0.4, 0.5) is 0 Å². The Balaban J connectivity index is 2.33. The predicted octanol–water partition coefficient (Wildman–Crippen LogP) is 11.2. The molecule has 0 bridgehead atoms. The lowest BCUT2D eigenvalue weighted by molar-refractivity contribution is -0.161. The molecule has 0 aliphatic carbocycles. The molecule has 1 heterocycles. The highest BCUT2D eigenvalue weighted by molar-refractivity contribution is 7.47. The van der Waals surface area contributed by atoms with Crippen LogP contribution < -0.4 is 0 Å². The molecule has 1 rings (SSSR count). The van der Waals surface area contributed by atoms with E-state index >= 15 is 0 Å². The molecule has 342 valence electrons. The van der Waals surface area contributed by atoms with Crippen LogP contribution in [0.25, 0.3) is 0 Å². The normalized spacial score (nSPS) is 17.9. The van der Waals surface area contributed by atoms with Gasteiger partial charge in [-0.25, -0.2) is 4.57 Å². The molecule has 0 radical (unpaired) electrons. The summed E-state index contributed by atoms with van der Waals surface area (Å²) in [5, 5.41) is 18.4. The lowest BCUT2D eigenvalue weighted by Crippen LogP contribution is -2.29. The fourth-order valence-corrected chi connectivity index (χ4v) is 6.62. The second-order valence-corrected chi connectivity index (χ2v) is 16.6. The van der Waals surface area contributed by atoms with Crippen LogP contribution in [0.5, 0.6) is 0 Å².